The summed E-state index contributed by atoms with van der Waals surface area (Å²) in [6.07, 6.45) is 2.96. The number of fused-ring (bicyclic) bond motifs is 1. The van der Waals surface area contributed by atoms with Crippen molar-refractivity contribution in [3.63, 3.8) is 0 Å². The fraction of sp³-hybridized carbons (Fsp3) is 0.138. The van der Waals surface area contributed by atoms with E-state index in [0.717, 1.165) is 0 Å². The van der Waals surface area contributed by atoms with E-state index in [-0.39, 0.29) is 22.1 Å². The van der Waals surface area contributed by atoms with Gasteiger partial charge in [-0.1, -0.05) is 17.7 Å². The molecule has 2 heterocycles. The second-order valence-electron chi connectivity index (χ2n) is 8.69. The molecule has 2 aromatic heterocycles. The minimum atomic E-state index is -4.15. The van der Waals surface area contributed by atoms with E-state index in [9.17, 15) is 13.7 Å². The van der Waals surface area contributed by atoms with Crippen LogP contribution < -0.4 is 18.5 Å². The molecule has 0 atom stereocenters. The second-order valence-corrected chi connectivity index (χ2v) is 11.9. The van der Waals surface area contributed by atoms with Crippen LogP contribution >= 0.6 is 22.9 Å². The van der Waals surface area contributed by atoms with E-state index in [1.807, 2.05) is 0 Å². The summed E-state index contributed by atoms with van der Waals surface area (Å²) >= 11 is 7.34. The van der Waals surface area contributed by atoms with Crippen molar-refractivity contribution in [2.45, 2.75) is 11.4 Å². The number of sulfonamides is 1. The molecule has 3 aromatic carbocycles. The zero-order valence-electron chi connectivity index (χ0n) is 22.2. The third-order valence-electron chi connectivity index (χ3n) is 6.43. The Morgan fingerprint density at radius 1 is 0.951 bits per heavy atom. The van der Waals surface area contributed by atoms with Crippen LogP contribution in [0.5, 0.6) is 17.2 Å². The highest BCUT2D eigenvalue weighted by atomic mass is 35.5. The number of ether oxygens (including phenoxy) is 3. The van der Waals surface area contributed by atoms with Crippen molar-refractivity contribution >= 4 is 48.9 Å². The first-order valence-corrected chi connectivity index (χ1v) is 14.8. The van der Waals surface area contributed by atoms with E-state index in [0.29, 0.717) is 49.9 Å². The molecule has 0 aliphatic heterocycles. The van der Waals surface area contributed by atoms with Gasteiger partial charge in [0.1, 0.15) is 23.3 Å². The number of nitriles is 1. The average molecular weight is 607 g/mol. The minimum Gasteiger partial charge on any atom is -0.497 e. The van der Waals surface area contributed by atoms with Gasteiger partial charge in [0.2, 0.25) is 0 Å². The maximum atomic E-state index is 14.2. The predicted molar refractivity (Wildman–Crippen MR) is 158 cm³/mol. The Labute approximate surface area is 246 Å². The number of rotatable bonds is 9. The largest absolute Gasteiger partial charge is 0.497 e. The lowest BCUT2D eigenvalue weighted by molar-refractivity contribution is 0.391. The number of nitrogens with zero attached hydrogens (tertiary/aromatic N) is 4. The number of pyridine rings is 1. The molecule has 5 rings (SSSR count). The predicted octanol–water partition coefficient (Wildman–Crippen LogP) is 6.30. The van der Waals surface area contributed by atoms with Crippen LogP contribution in [0.3, 0.4) is 0 Å². The molecule has 0 fully saturated rings. The molecule has 5 aromatic rings. The van der Waals surface area contributed by atoms with Gasteiger partial charge in [-0.25, -0.2) is 17.7 Å². The van der Waals surface area contributed by atoms with Crippen LogP contribution in [0.4, 0.5) is 5.13 Å². The van der Waals surface area contributed by atoms with Crippen LogP contribution in [0.2, 0.25) is 5.02 Å². The van der Waals surface area contributed by atoms with Crippen LogP contribution in [0.25, 0.3) is 22.0 Å². The highest BCUT2D eigenvalue weighted by molar-refractivity contribution is 7.93. The molecule has 41 heavy (non-hydrogen) atoms. The highest BCUT2D eigenvalue weighted by Gasteiger charge is 2.29. The minimum absolute atomic E-state index is 0.00982. The topological polar surface area (TPSA) is 115 Å². The van der Waals surface area contributed by atoms with E-state index < -0.39 is 10.0 Å². The van der Waals surface area contributed by atoms with E-state index >= 15 is 0 Å². The van der Waals surface area contributed by atoms with E-state index in [2.05, 4.69) is 16.0 Å². The Hall–Kier alpha value is -4.37. The lowest BCUT2D eigenvalue weighted by Gasteiger charge is -2.23. The zero-order valence-corrected chi connectivity index (χ0v) is 24.5. The van der Waals surface area contributed by atoms with Crippen LogP contribution in [0.1, 0.15) is 11.1 Å². The Morgan fingerprint density at radius 3 is 2.44 bits per heavy atom. The Kier molecular flexibility index (Phi) is 7.99. The van der Waals surface area contributed by atoms with Gasteiger partial charge in [-0.2, -0.15) is 5.26 Å². The summed E-state index contributed by atoms with van der Waals surface area (Å²) in [4.78, 5) is 8.78. The molecule has 0 radical (unpaired) electrons. The third-order valence-corrected chi connectivity index (χ3v) is 9.30. The monoisotopic (exact) mass is 606 g/mol. The molecule has 0 saturated heterocycles. The molecule has 0 N–H and O–H groups in total. The maximum absolute atomic E-state index is 14.2. The SMILES string of the molecule is COc1ccc(CN(c2nccs2)S(=O)(=O)c2ccc3c(-c4ccc(Cl)cc4OC)ncc(C#N)c3c2)c(OC)c1. The lowest BCUT2D eigenvalue weighted by Crippen LogP contribution is -2.30. The summed E-state index contributed by atoms with van der Waals surface area (Å²) in [7, 11) is 0.422. The van der Waals surface area contributed by atoms with E-state index in [1.54, 1.807) is 61.2 Å². The number of hydrogen-bond acceptors (Lipinski definition) is 9. The number of benzene rings is 3. The van der Waals surface area contributed by atoms with Crippen molar-refractivity contribution < 1.29 is 22.6 Å². The highest BCUT2D eigenvalue weighted by Crippen LogP contribution is 2.38. The van der Waals surface area contributed by atoms with Crippen LogP contribution in [0.15, 0.2) is 77.3 Å². The number of methoxy groups -OCH3 is 3. The number of halogens is 1. The molecule has 0 spiro atoms. The molecule has 0 aliphatic rings. The van der Waals surface area contributed by atoms with Crippen molar-refractivity contribution in [2.24, 2.45) is 0 Å². The molecule has 0 unspecified atom stereocenters. The fourth-order valence-electron chi connectivity index (χ4n) is 4.40. The van der Waals surface area contributed by atoms with Crippen molar-refractivity contribution in [1.29, 1.82) is 5.26 Å². The van der Waals surface area contributed by atoms with Crippen molar-refractivity contribution in [3.8, 4) is 34.6 Å². The summed E-state index contributed by atoms with van der Waals surface area (Å²) in [5.74, 6) is 1.55. The van der Waals surface area contributed by atoms with Crippen molar-refractivity contribution in [1.82, 2.24) is 9.97 Å². The molecular formula is C29H23ClN4O5S2. The molecule has 208 valence electrons. The number of aromatic nitrogens is 2. The fourth-order valence-corrected chi connectivity index (χ4v) is 6.86. The summed E-state index contributed by atoms with van der Waals surface area (Å²) in [5, 5.41) is 13.3. The van der Waals surface area contributed by atoms with E-state index in [4.69, 9.17) is 25.8 Å². The first-order chi connectivity index (χ1) is 19.8. The molecule has 0 bridgehead atoms. The van der Waals surface area contributed by atoms with Crippen molar-refractivity contribution in [2.75, 3.05) is 25.6 Å². The Morgan fingerprint density at radius 2 is 1.76 bits per heavy atom. The summed E-state index contributed by atoms with van der Waals surface area (Å²) < 4.78 is 45.9. The first-order valence-electron chi connectivity index (χ1n) is 12.1. The summed E-state index contributed by atoms with van der Waals surface area (Å²) in [5.41, 5.74) is 2.02. The molecule has 12 heteroatoms. The van der Waals surface area contributed by atoms with Gasteiger partial charge >= 0.3 is 0 Å². The molecular weight excluding hydrogens is 584 g/mol. The summed E-state index contributed by atoms with van der Waals surface area (Å²) in [6.45, 7) is -0.0459. The third kappa shape index (κ3) is 5.37. The average Bonchev–Trinajstić information content (AvgIpc) is 3.53. The van der Waals surface area contributed by atoms with Crippen LogP contribution in [0, 0.1) is 11.3 Å². The Balaban J connectivity index is 1.65. The van der Waals surface area contributed by atoms with Gasteiger partial charge in [0.25, 0.3) is 10.0 Å². The Bertz CT molecular complexity index is 1890. The van der Waals surface area contributed by atoms with Crippen molar-refractivity contribution in [3.05, 3.63) is 88.5 Å². The van der Waals surface area contributed by atoms with Gasteiger partial charge in [-0.3, -0.25) is 4.98 Å². The first kappa shape index (κ1) is 28.2. The number of hydrogen-bond donors (Lipinski definition) is 0. The van der Waals surface area contributed by atoms with Gasteiger partial charge in [0.05, 0.1) is 44.0 Å². The molecule has 9 nitrogen and oxygen atoms in total. The van der Waals surface area contributed by atoms with Gasteiger partial charge in [0.15, 0.2) is 5.13 Å². The number of anilines is 1. The molecule has 0 amide bonds. The molecule has 0 aliphatic carbocycles. The summed E-state index contributed by atoms with van der Waals surface area (Å²) in [6, 6.07) is 17.1. The lowest BCUT2D eigenvalue weighted by atomic mass is 10.0. The van der Waals surface area contributed by atoms with Crippen LogP contribution in [-0.4, -0.2) is 39.7 Å². The van der Waals surface area contributed by atoms with Gasteiger partial charge in [-0.05, 0) is 42.5 Å². The number of thiazole rings is 1. The molecule has 0 saturated carbocycles. The van der Waals surface area contributed by atoms with Gasteiger partial charge in [0, 0.05) is 50.8 Å². The van der Waals surface area contributed by atoms with Gasteiger partial charge in [-0.15, -0.1) is 11.3 Å². The second kappa shape index (κ2) is 11.6. The smallest absolute Gasteiger partial charge is 0.266 e. The zero-order chi connectivity index (χ0) is 29.1. The normalized spacial score (nSPS) is 11.2. The quantitative estimate of drug-likeness (QED) is 0.192. The van der Waals surface area contributed by atoms with Gasteiger partial charge < -0.3 is 14.2 Å². The van der Waals surface area contributed by atoms with E-state index in [1.165, 1.54) is 48.2 Å². The standard InChI is InChI=1S/C29H23ClN4O5S2/c1-37-21-6-4-18(26(13-21)38-2)17-34(29-32-10-11-40-29)41(35,36)22-7-9-23-25(14-22)19(15-31)16-33-28(23)24-8-5-20(30)12-27(24)39-3/h4-14,16H,17H2,1-3H3. The van der Waals surface area contributed by atoms with Crippen LogP contribution in [-0.2, 0) is 16.6 Å². The maximum Gasteiger partial charge on any atom is 0.266 e.